The minimum Gasteiger partial charge on any atom is -0.354 e. The molecule has 10 nitrogen and oxygen atoms in total. The van der Waals surface area contributed by atoms with Crippen molar-refractivity contribution >= 4 is 17.5 Å². The fourth-order valence-corrected chi connectivity index (χ4v) is 2.39. The summed E-state index contributed by atoms with van der Waals surface area (Å²) >= 11 is 0. The lowest BCUT2D eigenvalue weighted by Gasteiger charge is -2.33. The molecule has 0 radical (unpaired) electrons. The minimum absolute atomic E-state index is 0.200. The number of nitrogens with zero attached hydrogens (tertiary/aromatic N) is 4. The van der Waals surface area contributed by atoms with Crippen LogP contribution in [0.4, 0.5) is 11.6 Å². The van der Waals surface area contributed by atoms with Gasteiger partial charge in [0.05, 0.1) is 0 Å². The molecule has 1 saturated heterocycles. The van der Waals surface area contributed by atoms with Crippen molar-refractivity contribution < 1.29 is 4.79 Å². The van der Waals surface area contributed by atoms with Gasteiger partial charge in [-0.25, -0.2) is 14.8 Å². The van der Waals surface area contributed by atoms with Crippen LogP contribution in [0.3, 0.4) is 0 Å². The average Bonchev–Trinajstić information content (AvgIpc) is 2.55. The molecule has 1 aliphatic heterocycles. The van der Waals surface area contributed by atoms with Crippen molar-refractivity contribution in [2.24, 2.45) is 0 Å². The van der Waals surface area contributed by atoms with Gasteiger partial charge in [-0.3, -0.25) is 14.6 Å². The highest BCUT2D eigenvalue weighted by atomic mass is 16.2. The maximum Gasteiger partial charge on any atom is 0.325 e. The molecule has 1 amide bonds. The van der Waals surface area contributed by atoms with Crippen LogP contribution in [-0.2, 0) is 0 Å². The molecule has 3 rings (SSSR count). The van der Waals surface area contributed by atoms with E-state index in [1.807, 2.05) is 4.98 Å². The molecule has 24 heavy (non-hydrogen) atoms. The molecule has 1 aliphatic rings. The highest BCUT2D eigenvalue weighted by molar-refractivity contribution is 6.03. The van der Waals surface area contributed by atoms with Gasteiger partial charge in [-0.15, -0.1) is 0 Å². The van der Waals surface area contributed by atoms with E-state index in [9.17, 15) is 14.4 Å². The molecule has 10 heteroatoms. The molecular weight excluding hydrogens is 314 g/mol. The zero-order valence-corrected chi connectivity index (χ0v) is 13.1. The Hall–Kier alpha value is -3.01. The predicted octanol–water partition coefficient (Wildman–Crippen LogP) is -1.14. The average molecular weight is 331 g/mol. The van der Waals surface area contributed by atoms with E-state index in [2.05, 4.69) is 37.1 Å². The van der Waals surface area contributed by atoms with Crippen LogP contribution in [0.25, 0.3) is 0 Å². The molecule has 2 aromatic rings. The van der Waals surface area contributed by atoms with E-state index in [1.165, 1.54) is 6.33 Å². The summed E-state index contributed by atoms with van der Waals surface area (Å²) in [6.07, 6.45) is 2.43. The summed E-state index contributed by atoms with van der Waals surface area (Å²) in [6, 6.07) is 1.66. The van der Waals surface area contributed by atoms with Gasteiger partial charge in [0.1, 0.15) is 23.5 Å². The first-order chi connectivity index (χ1) is 11.5. The Morgan fingerprint density at radius 2 is 1.96 bits per heavy atom. The number of H-pyrrole nitrogens is 2. The van der Waals surface area contributed by atoms with Crippen molar-refractivity contribution in [3.8, 4) is 0 Å². The van der Waals surface area contributed by atoms with Crippen molar-refractivity contribution in [1.82, 2.24) is 24.8 Å². The summed E-state index contributed by atoms with van der Waals surface area (Å²) in [5.41, 5.74) is -1.63. The number of amides is 1. The number of hydrogen-bond acceptors (Lipinski definition) is 7. The van der Waals surface area contributed by atoms with Crippen molar-refractivity contribution in [3.05, 3.63) is 45.0 Å². The quantitative estimate of drug-likeness (QED) is 0.648. The maximum absolute atomic E-state index is 12.1. The van der Waals surface area contributed by atoms with Crippen molar-refractivity contribution in [1.29, 1.82) is 0 Å². The van der Waals surface area contributed by atoms with Crippen molar-refractivity contribution in [2.75, 3.05) is 43.4 Å². The van der Waals surface area contributed by atoms with Gasteiger partial charge >= 0.3 is 5.69 Å². The van der Waals surface area contributed by atoms with Gasteiger partial charge in [-0.2, -0.15) is 0 Å². The number of hydrogen-bond donors (Lipinski definition) is 3. The standard InChI is InChI=1S/C14H17N7O3/c1-20-2-4-21(5-3-20)11-6-10(16-8-17-11)18-12(22)9-7-15-14(24)19-13(9)23/h6-8H,2-5H2,1H3,(H2,15,19,23,24)(H,16,17,18,22). The van der Waals surface area contributed by atoms with Gasteiger partial charge in [0.25, 0.3) is 11.5 Å². The van der Waals surface area contributed by atoms with Crippen LogP contribution < -0.4 is 21.5 Å². The van der Waals surface area contributed by atoms with Gasteiger partial charge in [0.15, 0.2) is 0 Å². The number of aromatic nitrogens is 4. The normalized spacial score (nSPS) is 15.3. The predicted molar refractivity (Wildman–Crippen MR) is 87.4 cm³/mol. The van der Waals surface area contributed by atoms with Gasteiger partial charge in [-0.1, -0.05) is 0 Å². The Bertz CT molecular complexity index is 852. The summed E-state index contributed by atoms with van der Waals surface area (Å²) in [7, 11) is 2.06. The zero-order chi connectivity index (χ0) is 17.1. The van der Waals surface area contributed by atoms with E-state index in [1.54, 1.807) is 6.07 Å². The molecule has 0 atom stereocenters. The van der Waals surface area contributed by atoms with E-state index >= 15 is 0 Å². The molecule has 0 aromatic carbocycles. The Morgan fingerprint density at radius 3 is 2.67 bits per heavy atom. The second kappa shape index (κ2) is 6.62. The monoisotopic (exact) mass is 331 g/mol. The first-order valence-corrected chi connectivity index (χ1v) is 7.42. The van der Waals surface area contributed by atoms with Crippen LogP contribution >= 0.6 is 0 Å². The van der Waals surface area contributed by atoms with Crippen LogP contribution in [0.2, 0.25) is 0 Å². The summed E-state index contributed by atoms with van der Waals surface area (Å²) in [6.45, 7) is 3.53. The third kappa shape index (κ3) is 3.49. The number of piperazine rings is 1. The highest BCUT2D eigenvalue weighted by Crippen LogP contribution is 2.16. The summed E-state index contributed by atoms with van der Waals surface area (Å²) < 4.78 is 0. The first-order valence-electron chi connectivity index (χ1n) is 7.42. The lowest BCUT2D eigenvalue weighted by molar-refractivity contribution is 0.102. The molecular formula is C14H17N7O3. The van der Waals surface area contributed by atoms with E-state index < -0.39 is 17.2 Å². The first kappa shape index (κ1) is 15.9. The topological polar surface area (TPSA) is 127 Å². The van der Waals surface area contributed by atoms with Gasteiger partial charge in [0, 0.05) is 38.4 Å². The highest BCUT2D eigenvalue weighted by Gasteiger charge is 2.17. The third-order valence-electron chi connectivity index (χ3n) is 3.79. The Balaban J connectivity index is 1.76. The molecule has 3 heterocycles. The van der Waals surface area contributed by atoms with Gasteiger partial charge in [-0.05, 0) is 7.05 Å². The summed E-state index contributed by atoms with van der Waals surface area (Å²) in [4.78, 5) is 51.6. The van der Waals surface area contributed by atoms with Crippen molar-refractivity contribution in [2.45, 2.75) is 0 Å². The maximum atomic E-state index is 12.1. The minimum atomic E-state index is -0.760. The summed E-state index contributed by atoms with van der Waals surface area (Å²) in [5.74, 6) is 0.342. The van der Waals surface area contributed by atoms with Crippen LogP contribution in [-0.4, -0.2) is 64.0 Å². The Labute approximate surface area is 136 Å². The second-order valence-corrected chi connectivity index (χ2v) is 5.49. The molecule has 1 fully saturated rings. The number of nitrogens with one attached hydrogen (secondary N) is 3. The van der Waals surface area contributed by atoms with Crippen LogP contribution in [0.5, 0.6) is 0 Å². The van der Waals surface area contributed by atoms with Crippen molar-refractivity contribution in [3.63, 3.8) is 0 Å². The number of likely N-dealkylation sites (N-methyl/N-ethyl adjacent to an activating group) is 1. The molecule has 0 saturated carbocycles. The molecule has 0 bridgehead atoms. The number of anilines is 2. The van der Waals surface area contributed by atoms with E-state index in [-0.39, 0.29) is 11.4 Å². The fourth-order valence-electron chi connectivity index (χ4n) is 2.39. The smallest absolute Gasteiger partial charge is 0.325 e. The Kier molecular flexibility index (Phi) is 4.38. The SMILES string of the molecule is CN1CCN(c2cc(NC(=O)c3c[nH]c(=O)[nH]c3=O)ncn2)CC1. The van der Waals surface area contributed by atoms with Crippen LogP contribution in [0.1, 0.15) is 10.4 Å². The van der Waals surface area contributed by atoms with Gasteiger partial charge in [0.2, 0.25) is 0 Å². The largest absolute Gasteiger partial charge is 0.354 e. The number of aromatic amines is 2. The third-order valence-corrected chi connectivity index (χ3v) is 3.79. The molecule has 2 aromatic heterocycles. The molecule has 126 valence electrons. The Morgan fingerprint density at radius 1 is 1.21 bits per heavy atom. The molecule has 0 spiro atoms. The number of rotatable bonds is 3. The molecule has 0 aliphatic carbocycles. The van der Waals surface area contributed by atoms with Crippen LogP contribution in [0.15, 0.2) is 28.2 Å². The number of carbonyl (C=O) groups is 1. The zero-order valence-electron chi connectivity index (χ0n) is 13.1. The number of carbonyl (C=O) groups excluding carboxylic acids is 1. The van der Waals surface area contributed by atoms with Crippen LogP contribution in [0, 0.1) is 0 Å². The lowest BCUT2D eigenvalue weighted by Crippen LogP contribution is -2.44. The fraction of sp³-hybridized carbons (Fsp3) is 0.357. The van der Waals surface area contributed by atoms with E-state index in [4.69, 9.17) is 0 Å². The molecule has 3 N–H and O–H groups in total. The van der Waals surface area contributed by atoms with E-state index in [0.717, 1.165) is 32.4 Å². The summed E-state index contributed by atoms with van der Waals surface area (Å²) in [5, 5.41) is 2.54. The molecule has 0 unspecified atom stereocenters. The second-order valence-electron chi connectivity index (χ2n) is 5.49. The van der Waals surface area contributed by atoms with Gasteiger partial charge < -0.3 is 20.1 Å². The van der Waals surface area contributed by atoms with E-state index in [0.29, 0.717) is 5.82 Å². The lowest BCUT2D eigenvalue weighted by atomic mass is 10.3.